The van der Waals surface area contributed by atoms with E-state index in [2.05, 4.69) is 5.32 Å². The normalized spacial score (nSPS) is 22.3. The minimum absolute atomic E-state index is 0.126. The second kappa shape index (κ2) is 8.57. The number of nitrogens with zero attached hydrogens (tertiary/aromatic N) is 1. The standard InChI is InChI=1S/C18H22Cl2N2O4/c1-11(21-16(23)13-5-2-6-14(19)15(13)20)17(24)22-7-3-4-12(10-22)18-25-8-9-26-18/h2,5-6,11-12,18H,3-4,7-10H2,1H3,(H,21,23). The Labute approximate surface area is 162 Å². The molecule has 1 aromatic rings. The molecule has 2 heterocycles. The van der Waals surface area contributed by atoms with Crippen molar-refractivity contribution in [2.45, 2.75) is 32.1 Å². The Morgan fingerprint density at radius 3 is 2.73 bits per heavy atom. The summed E-state index contributed by atoms with van der Waals surface area (Å²) in [5.74, 6) is -0.381. The molecule has 1 aromatic carbocycles. The van der Waals surface area contributed by atoms with Gasteiger partial charge in [0.2, 0.25) is 5.91 Å². The quantitative estimate of drug-likeness (QED) is 0.843. The molecule has 2 amide bonds. The summed E-state index contributed by atoms with van der Waals surface area (Å²) in [6.45, 7) is 4.11. The summed E-state index contributed by atoms with van der Waals surface area (Å²) in [5, 5.41) is 3.19. The molecular formula is C18H22Cl2N2O4. The van der Waals surface area contributed by atoms with Gasteiger partial charge in [-0.15, -0.1) is 0 Å². The molecule has 3 rings (SSSR count). The van der Waals surface area contributed by atoms with Crippen molar-refractivity contribution in [2.75, 3.05) is 26.3 Å². The summed E-state index contributed by atoms with van der Waals surface area (Å²) in [6, 6.07) is 4.16. The van der Waals surface area contributed by atoms with Crippen LogP contribution in [0.2, 0.25) is 10.0 Å². The number of carbonyl (C=O) groups is 2. The molecule has 2 aliphatic rings. The first-order valence-electron chi connectivity index (χ1n) is 8.74. The van der Waals surface area contributed by atoms with Gasteiger partial charge in [-0.3, -0.25) is 9.59 Å². The van der Waals surface area contributed by atoms with Gasteiger partial charge >= 0.3 is 0 Å². The third-order valence-corrected chi connectivity index (χ3v) is 5.54. The smallest absolute Gasteiger partial charge is 0.253 e. The number of hydrogen-bond acceptors (Lipinski definition) is 4. The molecule has 1 N–H and O–H groups in total. The van der Waals surface area contributed by atoms with E-state index in [9.17, 15) is 9.59 Å². The molecule has 2 atom stereocenters. The number of nitrogens with one attached hydrogen (secondary N) is 1. The number of ether oxygens (including phenoxy) is 2. The van der Waals surface area contributed by atoms with E-state index in [1.54, 1.807) is 30.0 Å². The number of carbonyl (C=O) groups excluding carboxylic acids is 2. The molecule has 0 aliphatic carbocycles. The van der Waals surface area contributed by atoms with Crippen molar-refractivity contribution in [1.29, 1.82) is 0 Å². The van der Waals surface area contributed by atoms with E-state index < -0.39 is 11.9 Å². The van der Waals surface area contributed by atoms with Gasteiger partial charge in [0.25, 0.3) is 5.91 Å². The fourth-order valence-electron chi connectivity index (χ4n) is 3.37. The molecule has 0 saturated carbocycles. The van der Waals surface area contributed by atoms with Crippen molar-refractivity contribution in [1.82, 2.24) is 10.2 Å². The molecule has 2 fully saturated rings. The average Bonchev–Trinajstić information content (AvgIpc) is 3.18. The zero-order chi connectivity index (χ0) is 18.7. The SMILES string of the molecule is CC(NC(=O)c1cccc(Cl)c1Cl)C(=O)N1CCCC(C2OCCO2)C1. The Morgan fingerprint density at radius 1 is 1.27 bits per heavy atom. The predicted octanol–water partition coefficient (Wildman–Crippen LogP) is 2.72. The lowest BCUT2D eigenvalue weighted by atomic mass is 9.97. The number of amides is 2. The van der Waals surface area contributed by atoms with Gasteiger partial charge < -0.3 is 19.7 Å². The van der Waals surface area contributed by atoms with Crippen LogP contribution in [0.1, 0.15) is 30.1 Å². The van der Waals surface area contributed by atoms with Crippen LogP contribution >= 0.6 is 23.2 Å². The van der Waals surface area contributed by atoms with Crippen LogP contribution in [0.15, 0.2) is 18.2 Å². The Morgan fingerprint density at radius 2 is 2.00 bits per heavy atom. The summed E-state index contributed by atoms with van der Waals surface area (Å²) < 4.78 is 11.1. The number of halogens is 2. The first-order chi connectivity index (χ1) is 12.5. The fourth-order valence-corrected chi connectivity index (χ4v) is 3.76. The minimum atomic E-state index is -0.665. The van der Waals surface area contributed by atoms with Gasteiger partial charge in [0.1, 0.15) is 6.04 Å². The van der Waals surface area contributed by atoms with Gasteiger partial charge in [-0.25, -0.2) is 0 Å². The zero-order valence-electron chi connectivity index (χ0n) is 14.5. The van der Waals surface area contributed by atoms with Crippen LogP contribution in [0.4, 0.5) is 0 Å². The van der Waals surface area contributed by atoms with Crippen molar-refractivity contribution in [3.8, 4) is 0 Å². The Bertz CT molecular complexity index is 679. The van der Waals surface area contributed by atoms with Crippen LogP contribution in [-0.4, -0.2) is 55.3 Å². The molecule has 26 heavy (non-hydrogen) atoms. The van der Waals surface area contributed by atoms with Gasteiger partial charge in [0.05, 0.1) is 28.8 Å². The second-order valence-corrected chi connectivity index (χ2v) is 7.38. The summed E-state index contributed by atoms with van der Waals surface area (Å²) in [7, 11) is 0. The number of piperidine rings is 1. The van der Waals surface area contributed by atoms with Crippen molar-refractivity contribution >= 4 is 35.0 Å². The molecule has 8 heteroatoms. The molecule has 2 unspecified atom stereocenters. The second-order valence-electron chi connectivity index (χ2n) is 6.59. The van der Waals surface area contributed by atoms with E-state index in [0.29, 0.717) is 31.3 Å². The van der Waals surface area contributed by atoms with Crippen LogP contribution in [-0.2, 0) is 14.3 Å². The fraction of sp³-hybridized carbons (Fsp3) is 0.556. The first kappa shape index (κ1) is 19.4. The lowest BCUT2D eigenvalue weighted by Crippen LogP contribution is -2.51. The van der Waals surface area contributed by atoms with E-state index in [4.69, 9.17) is 32.7 Å². The van der Waals surface area contributed by atoms with E-state index in [1.165, 1.54) is 0 Å². The maximum absolute atomic E-state index is 12.7. The van der Waals surface area contributed by atoms with Gasteiger partial charge in [0, 0.05) is 19.0 Å². The first-order valence-corrected chi connectivity index (χ1v) is 9.50. The van der Waals surface area contributed by atoms with E-state index in [-0.39, 0.29) is 28.7 Å². The van der Waals surface area contributed by atoms with E-state index >= 15 is 0 Å². The van der Waals surface area contributed by atoms with Gasteiger partial charge in [-0.2, -0.15) is 0 Å². The Balaban J connectivity index is 1.60. The molecule has 2 aliphatic heterocycles. The van der Waals surface area contributed by atoms with Crippen molar-refractivity contribution < 1.29 is 19.1 Å². The Kier molecular flexibility index (Phi) is 6.40. The molecule has 0 radical (unpaired) electrons. The topological polar surface area (TPSA) is 67.9 Å². The zero-order valence-corrected chi connectivity index (χ0v) is 16.1. The average molecular weight is 401 g/mol. The molecule has 0 bridgehead atoms. The summed E-state index contributed by atoms with van der Waals surface area (Å²) in [6.07, 6.45) is 1.62. The number of rotatable bonds is 4. The lowest BCUT2D eigenvalue weighted by molar-refractivity contribution is -0.140. The number of likely N-dealkylation sites (tertiary alicyclic amines) is 1. The van der Waals surface area contributed by atoms with Crippen LogP contribution in [0.5, 0.6) is 0 Å². The van der Waals surface area contributed by atoms with Crippen LogP contribution < -0.4 is 5.32 Å². The minimum Gasteiger partial charge on any atom is -0.350 e. The summed E-state index contributed by atoms with van der Waals surface area (Å²) in [5.41, 5.74) is 0.253. The van der Waals surface area contributed by atoms with E-state index in [1.807, 2.05) is 0 Å². The van der Waals surface area contributed by atoms with Crippen LogP contribution in [0.25, 0.3) is 0 Å². The van der Waals surface area contributed by atoms with Gasteiger partial charge in [0.15, 0.2) is 6.29 Å². The highest BCUT2D eigenvalue weighted by atomic mass is 35.5. The van der Waals surface area contributed by atoms with Crippen LogP contribution in [0.3, 0.4) is 0 Å². The largest absolute Gasteiger partial charge is 0.350 e. The van der Waals surface area contributed by atoms with Gasteiger partial charge in [-0.05, 0) is 31.9 Å². The van der Waals surface area contributed by atoms with Gasteiger partial charge in [-0.1, -0.05) is 29.3 Å². The Hall–Kier alpha value is -1.34. The molecule has 142 valence electrons. The maximum Gasteiger partial charge on any atom is 0.253 e. The predicted molar refractivity (Wildman–Crippen MR) is 98.4 cm³/mol. The third-order valence-electron chi connectivity index (χ3n) is 4.72. The highest BCUT2D eigenvalue weighted by Crippen LogP contribution is 2.26. The lowest BCUT2D eigenvalue weighted by Gasteiger charge is -2.36. The monoisotopic (exact) mass is 400 g/mol. The molecular weight excluding hydrogens is 379 g/mol. The highest BCUT2D eigenvalue weighted by Gasteiger charge is 2.34. The van der Waals surface area contributed by atoms with Crippen molar-refractivity contribution in [3.05, 3.63) is 33.8 Å². The molecule has 0 aromatic heterocycles. The number of hydrogen-bond donors (Lipinski definition) is 1. The van der Waals surface area contributed by atoms with Crippen LogP contribution in [0, 0.1) is 5.92 Å². The van der Waals surface area contributed by atoms with E-state index in [0.717, 1.165) is 12.8 Å². The van der Waals surface area contributed by atoms with Crippen molar-refractivity contribution in [3.63, 3.8) is 0 Å². The highest BCUT2D eigenvalue weighted by molar-refractivity contribution is 6.43. The third kappa shape index (κ3) is 4.31. The molecule has 2 saturated heterocycles. The summed E-state index contributed by atoms with van der Waals surface area (Å²) in [4.78, 5) is 26.9. The molecule has 6 nitrogen and oxygen atoms in total. The maximum atomic E-state index is 12.7. The molecule has 0 spiro atoms. The van der Waals surface area contributed by atoms with Crippen molar-refractivity contribution in [2.24, 2.45) is 5.92 Å². The number of benzene rings is 1. The summed E-state index contributed by atoms with van der Waals surface area (Å²) >= 11 is 12.0.